The average Bonchev–Trinajstić information content (AvgIpc) is 2.57. The number of aromatic nitrogens is 2. The lowest BCUT2D eigenvalue weighted by atomic mass is 10.1. The van der Waals surface area contributed by atoms with Crippen LogP contribution in [0.2, 0.25) is 0 Å². The van der Waals surface area contributed by atoms with E-state index in [-0.39, 0.29) is 5.95 Å². The van der Waals surface area contributed by atoms with Crippen LogP contribution in [0.1, 0.15) is 6.92 Å². The van der Waals surface area contributed by atoms with E-state index in [0.29, 0.717) is 5.01 Å². The molecule has 17 heavy (non-hydrogen) atoms. The first-order valence-electron chi connectivity index (χ1n) is 4.68. The fraction of sp³-hybridized carbons (Fsp3) is 0.333. The monoisotopic (exact) mass is 244 g/mol. The zero-order valence-corrected chi connectivity index (χ0v) is 8.64. The Morgan fingerprint density at radius 1 is 1.29 bits per heavy atom. The smallest absolute Gasteiger partial charge is 0.272 e. The minimum Gasteiger partial charge on any atom is -0.272 e. The van der Waals surface area contributed by atoms with E-state index in [9.17, 15) is 18.0 Å². The van der Waals surface area contributed by atoms with Gasteiger partial charge in [-0.25, -0.2) is 9.97 Å². The van der Waals surface area contributed by atoms with Gasteiger partial charge in [0.2, 0.25) is 0 Å². The number of alkyl halides is 3. The number of carbonyl (C=O) groups excluding carboxylic acids is 1. The fourth-order valence-electron chi connectivity index (χ4n) is 1.39. The third-order valence-corrected chi connectivity index (χ3v) is 2.23. The first-order valence-corrected chi connectivity index (χ1v) is 4.68. The molecule has 0 aliphatic carbocycles. The van der Waals surface area contributed by atoms with Gasteiger partial charge in [0.25, 0.3) is 11.9 Å². The van der Waals surface area contributed by atoms with Crippen molar-refractivity contribution in [2.24, 2.45) is 11.0 Å². The molecule has 0 radical (unpaired) electrons. The zero-order chi connectivity index (χ0) is 12.6. The Bertz CT molecular complexity index is 471. The van der Waals surface area contributed by atoms with Gasteiger partial charge in [0.05, 0.1) is 5.92 Å². The summed E-state index contributed by atoms with van der Waals surface area (Å²) in [4.78, 5) is 19.0. The quantitative estimate of drug-likeness (QED) is 0.749. The molecule has 1 aromatic rings. The van der Waals surface area contributed by atoms with Crippen LogP contribution < -0.4 is 5.01 Å². The molecule has 1 unspecified atom stereocenters. The number of nitrogens with zero attached hydrogens (tertiary/aromatic N) is 4. The van der Waals surface area contributed by atoms with Crippen molar-refractivity contribution in [1.82, 2.24) is 9.97 Å². The molecule has 90 valence electrons. The lowest BCUT2D eigenvalue weighted by molar-refractivity contribution is -0.120. The summed E-state index contributed by atoms with van der Waals surface area (Å²) in [5.41, 5.74) is -1.13. The van der Waals surface area contributed by atoms with E-state index in [2.05, 4.69) is 15.1 Å². The summed E-state index contributed by atoms with van der Waals surface area (Å²) >= 11 is 0. The number of hydrazone groups is 1. The lowest BCUT2D eigenvalue weighted by Gasteiger charge is -2.09. The molecule has 0 N–H and O–H groups in total. The number of hydrogen-bond acceptors (Lipinski definition) is 4. The minimum absolute atomic E-state index is 0.163. The minimum atomic E-state index is -4.63. The van der Waals surface area contributed by atoms with Crippen LogP contribution >= 0.6 is 0 Å². The number of hydrogen-bond donors (Lipinski definition) is 0. The van der Waals surface area contributed by atoms with Crippen LogP contribution in [0.15, 0.2) is 23.6 Å². The maximum absolute atomic E-state index is 12.5. The highest BCUT2D eigenvalue weighted by molar-refractivity contribution is 6.16. The molecule has 1 amide bonds. The van der Waals surface area contributed by atoms with Gasteiger partial charge in [-0.2, -0.15) is 23.3 Å². The topological polar surface area (TPSA) is 58.5 Å². The largest absolute Gasteiger partial charge is 0.432 e. The Labute approximate surface area is 94.0 Å². The van der Waals surface area contributed by atoms with Crippen molar-refractivity contribution in [1.29, 1.82) is 0 Å². The van der Waals surface area contributed by atoms with Gasteiger partial charge in [-0.15, -0.1) is 0 Å². The van der Waals surface area contributed by atoms with E-state index in [1.54, 1.807) is 0 Å². The maximum Gasteiger partial charge on any atom is 0.432 e. The van der Waals surface area contributed by atoms with Gasteiger partial charge in [-0.05, 0) is 13.0 Å². The second kappa shape index (κ2) is 3.79. The van der Waals surface area contributed by atoms with Gasteiger partial charge < -0.3 is 0 Å². The molecule has 1 aliphatic heterocycles. The van der Waals surface area contributed by atoms with Gasteiger partial charge >= 0.3 is 6.18 Å². The third kappa shape index (κ3) is 1.97. The summed E-state index contributed by atoms with van der Waals surface area (Å²) in [6, 6.07) is 1.49. The fourth-order valence-corrected chi connectivity index (χ4v) is 1.39. The second-order valence-corrected chi connectivity index (χ2v) is 3.40. The molecule has 0 bridgehead atoms. The predicted molar refractivity (Wildman–Crippen MR) is 52.2 cm³/mol. The van der Waals surface area contributed by atoms with Crippen molar-refractivity contribution >= 4 is 17.6 Å². The second-order valence-electron chi connectivity index (χ2n) is 3.40. The van der Waals surface area contributed by atoms with Gasteiger partial charge in [0.1, 0.15) is 0 Å². The summed E-state index contributed by atoms with van der Waals surface area (Å²) in [5, 5.41) is 3.82. The van der Waals surface area contributed by atoms with Gasteiger partial charge in [0, 0.05) is 12.4 Å². The molecular weight excluding hydrogens is 237 g/mol. The van der Waals surface area contributed by atoms with Crippen LogP contribution in [0.5, 0.6) is 0 Å². The molecule has 1 aliphatic rings. The van der Waals surface area contributed by atoms with Crippen molar-refractivity contribution in [3.05, 3.63) is 18.5 Å². The zero-order valence-electron chi connectivity index (χ0n) is 8.64. The lowest BCUT2D eigenvalue weighted by Crippen LogP contribution is -2.31. The Hall–Kier alpha value is -1.99. The summed E-state index contributed by atoms with van der Waals surface area (Å²) in [6.45, 7) is 1.15. The van der Waals surface area contributed by atoms with E-state index < -0.39 is 23.7 Å². The Kier molecular flexibility index (Phi) is 2.56. The molecule has 1 aromatic heterocycles. The average molecular weight is 244 g/mol. The molecule has 8 heteroatoms. The van der Waals surface area contributed by atoms with Crippen molar-refractivity contribution in [3.63, 3.8) is 0 Å². The normalized spacial score (nSPS) is 20.7. The number of rotatable bonds is 1. The van der Waals surface area contributed by atoms with Crippen molar-refractivity contribution in [3.8, 4) is 0 Å². The highest BCUT2D eigenvalue weighted by atomic mass is 19.4. The van der Waals surface area contributed by atoms with Gasteiger partial charge in [-0.1, -0.05) is 0 Å². The molecule has 1 atom stereocenters. The van der Waals surface area contributed by atoms with Crippen molar-refractivity contribution in [2.75, 3.05) is 5.01 Å². The highest BCUT2D eigenvalue weighted by Gasteiger charge is 2.48. The SMILES string of the molecule is CC1C(=O)N(c2ncccn2)N=C1C(F)(F)F. The van der Waals surface area contributed by atoms with E-state index in [1.807, 2.05) is 0 Å². The van der Waals surface area contributed by atoms with Crippen LogP contribution in [0.4, 0.5) is 19.1 Å². The maximum atomic E-state index is 12.5. The molecular formula is C9H7F3N4O. The van der Waals surface area contributed by atoms with E-state index >= 15 is 0 Å². The highest BCUT2D eigenvalue weighted by Crippen LogP contribution is 2.29. The molecule has 0 spiro atoms. The molecule has 0 saturated heterocycles. The Morgan fingerprint density at radius 3 is 2.35 bits per heavy atom. The predicted octanol–water partition coefficient (Wildman–Crippen LogP) is 1.38. The number of anilines is 1. The Balaban J connectivity index is 2.39. The first-order chi connectivity index (χ1) is 7.91. The van der Waals surface area contributed by atoms with E-state index in [0.717, 1.165) is 6.92 Å². The molecule has 2 heterocycles. The summed E-state index contributed by atoms with van der Waals surface area (Å²) in [5.74, 6) is -2.29. The van der Waals surface area contributed by atoms with Crippen LogP contribution in [0, 0.1) is 5.92 Å². The van der Waals surface area contributed by atoms with Crippen LogP contribution in [-0.4, -0.2) is 27.8 Å². The summed E-state index contributed by atoms with van der Waals surface area (Å²) < 4.78 is 37.6. The molecule has 0 fully saturated rings. The van der Waals surface area contributed by atoms with Crippen LogP contribution in [0.25, 0.3) is 0 Å². The molecule has 2 rings (SSSR count). The number of carbonyl (C=O) groups is 1. The molecule has 0 saturated carbocycles. The van der Waals surface area contributed by atoms with Gasteiger partial charge in [0.15, 0.2) is 5.71 Å². The van der Waals surface area contributed by atoms with Gasteiger partial charge in [-0.3, -0.25) is 4.79 Å². The van der Waals surface area contributed by atoms with Crippen molar-refractivity contribution in [2.45, 2.75) is 13.1 Å². The third-order valence-electron chi connectivity index (χ3n) is 2.23. The molecule has 5 nitrogen and oxygen atoms in total. The standard InChI is InChI=1S/C9H7F3N4O/c1-5-6(9(10,11)12)15-16(7(5)17)8-13-3-2-4-14-8/h2-5H,1H3. The number of amides is 1. The van der Waals surface area contributed by atoms with Crippen LogP contribution in [0.3, 0.4) is 0 Å². The van der Waals surface area contributed by atoms with E-state index in [1.165, 1.54) is 18.5 Å². The van der Waals surface area contributed by atoms with Crippen molar-refractivity contribution < 1.29 is 18.0 Å². The van der Waals surface area contributed by atoms with Crippen LogP contribution in [-0.2, 0) is 4.79 Å². The first kappa shape index (κ1) is 11.5. The summed E-state index contributed by atoms with van der Waals surface area (Å²) in [6.07, 6.45) is -1.98. The Morgan fingerprint density at radius 2 is 1.88 bits per heavy atom. The number of halogens is 3. The molecule has 0 aromatic carbocycles. The van der Waals surface area contributed by atoms with E-state index in [4.69, 9.17) is 0 Å². The summed E-state index contributed by atoms with van der Waals surface area (Å²) in [7, 11) is 0.